The van der Waals surface area contributed by atoms with E-state index in [1.807, 2.05) is 0 Å². The molecule has 0 fully saturated rings. The largest absolute Gasteiger partial charge is 2.00 e. The maximum absolute atomic E-state index is 9.84. The van der Waals surface area contributed by atoms with Crippen LogP contribution in [0.5, 0.6) is 0 Å². The number of hydrogen-bond donors (Lipinski definition) is 1. The second kappa shape index (κ2) is 16.0. The molecule has 0 aliphatic rings. The summed E-state index contributed by atoms with van der Waals surface area (Å²) in [5.41, 5.74) is 0. The van der Waals surface area contributed by atoms with Crippen molar-refractivity contribution in [3.05, 3.63) is 0 Å². The van der Waals surface area contributed by atoms with Crippen molar-refractivity contribution in [2.75, 3.05) is 21.3 Å². The Morgan fingerprint density at radius 1 is 1.40 bits per heavy atom. The summed E-state index contributed by atoms with van der Waals surface area (Å²) in [6.45, 7) is 0. The zero-order valence-corrected chi connectivity index (χ0v) is 7.70. The molecule has 5 nitrogen and oxygen atoms in total. The number of aliphatic hydroxyl groups is 1. The summed E-state index contributed by atoms with van der Waals surface area (Å²) >= 11 is 0. The zero-order valence-electron chi connectivity index (χ0n) is 8.29. The second-order valence-electron chi connectivity index (χ2n) is 0.704. The fourth-order valence-corrected chi connectivity index (χ4v) is 0.102. The molecule has 0 amide bonds. The van der Waals surface area contributed by atoms with E-state index < -0.39 is 6.16 Å². The molecular formula is C4H12MgO5. The van der Waals surface area contributed by atoms with Crippen molar-refractivity contribution in [1.29, 1.82) is 0 Å². The number of carbonyl (C=O) groups is 1. The minimum absolute atomic E-state index is 0. The number of aliphatic hydroxyl groups excluding tert-OH is 1. The van der Waals surface area contributed by atoms with Gasteiger partial charge in [0.05, 0.1) is 14.2 Å². The van der Waals surface area contributed by atoms with Crippen molar-refractivity contribution in [2.45, 2.75) is 0 Å². The molecule has 0 atom stereocenters. The first kappa shape index (κ1) is 16.5. The number of methoxy groups -OCH3 is 1. The van der Waals surface area contributed by atoms with Crippen molar-refractivity contribution < 1.29 is 27.3 Å². The van der Waals surface area contributed by atoms with E-state index in [9.17, 15) is 4.79 Å². The van der Waals surface area contributed by atoms with Crippen LogP contribution >= 0.6 is 0 Å². The average molecular weight is 164 g/mol. The monoisotopic (exact) mass is 164 g/mol. The van der Waals surface area contributed by atoms with E-state index in [1.54, 1.807) is 0 Å². The van der Waals surface area contributed by atoms with Crippen LogP contribution in [-0.4, -0.2) is 55.6 Å². The third kappa shape index (κ3) is 15.7. The molecule has 0 rings (SSSR count). The molecule has 0 saturated carbocycles. The van der Waals surface area contributed by atoms with Gasteiger partial charge in [0.2, 0.25) is 0 Å². The molecule has 6 heteroatoms. The van der Waals surface area contributed by atoms with E-state index in [0.717, 1.165) is 7.11 Å². The van der Waals surface area contributed by atoms with Crippen molar-refractivity contribution in [3.63, 3.8) is 0 Å². The molecule has 60 valence electrons. The van der Waals surface area contributed by atoms with Crippen LogP contribution in [0.25, 0.3) is 0 Å². The van der Waals surface area contributed by atoms with E-state index in [4.69, 9.17) is 5.11 Å². The van der Waals surface area contributed by atoms with Crippen molar-refractivity contribution in [3.8, 4) is 0 Å². The van der Waals surface area contributed by atoms with E-state index in [1.165, 1.54) is 14.2 Å². The Balaban J connectivity index is -0.0000000303. The third-order valence-electron chi connectivity index (χ3n) is 0.318. The third-order valence-corrected chi connectivity index (χ3v) is 0.318. The molecule has 0 saturated heterocycles. The molecule has 0 radical (unpaired) electrons. The Labute approximate surface area is 78.3 Å². The van der Waals surface area contributed by atoms with Crippen LogP contribution in [0, 0.1) is 0 Å². The van der Waals surface area contributed by atoms with Crippen molar-refractivity contribution in [2.24, 2.45) is 0 Å². The predicted molar refractivity (Wildman–Crippen MR) is 36.6 cm³/mol. The van der Waals surface area contributed by atoms with E-state index in [2.05, 4.69) is 14.5 Å². The molecule has 0 aliphatic heterocycles. The van der Waals surface area contributed by atoms with Crippen LogP contribution in [0.1, 0.15) is 2.85 Å². The van der Waals surface area contributed by atoms with Crippen LogP contribution in [0.2, 0.25) is 0 Å². The SMILES string of the molecule is CO.COOC(=O)OC.[H-].[H-].[Mg+2]. The molecule has 10 heavy (non-hydrogen) atoms. The number of rotatable bonds is 1. The molecule has 0 heterocycles. The van der Waals surface area contributed by atoms with Gasteiger partial charge >= 0.3 is 29.2 Å². The molecule has 0 aromatic heterocycles. The zero-order chi connectivity index (χ0) is 7.70. The molecule has 0 aromatic rings. The average Bonchev–Trinajstić information content (AvgIpc) is 1.93. The molecule has 1 N–H and O–H groups in total. The Kier molecular flexibility index (Phi) is 26.4. The Morgan fingerprint density at radius 3 is 1.90 bits per heavy atom. The number of ether oxygens (including phenoxy) is 1. The molecule has 0 unspecified atom stereocenters. The van der Waals surface area contributed by atoms with Gasteiger partial charge in [-0.15, -0.1) is 0 Å². The summed E-state index contributed by atoms with van der Waals surface area (Å²) in [7, 11) is 3.41. The minimum atomic E-state index is -0.845. The van der Waals surface area contributed by atoms with Gasteiger partial charge in [0.1, 0.15) is 0 Å². The van der Waals surface area contributed by atoms with Crippen LogP contribution < -0.4 is 0 Å². The van der Waals surface area contributed by atoms with Crippen LogP contribution in [0.3, 0.4) is 0 Å². The van der Waals surface area contributed by atoms with E-state index >= 15 is 0 Å². The number of carbonyl (C=O) groups excluding carboxylic acids is 1. The fraction of sp³-hybridized carbons (Fsp3) is 0.750. The van der Waals surface area contributed by atoms with Crippen LogP contribution in [0.4, 0.5) is 4.79 Å². The first-order valence-electron chi connectivity index (χ1n) is 2.04. The topological polar surface area (TPSA) is 65.0 Å². The standard InChI is InChI=1S/C3H6O4.CH4O.Mg.2H/c1-5-3(4)7-6-2;1-2;;;/h1-2H3;2H,1H3;;;/q;;+2;2*-1. The quantitative estimate of drug-likeness (QED) is 0.251. The van der Waals surface area contributed by atoms with E-state index in [0.29, 0.717) is 0 Å². The summed E-state index contributed by atoms with van der Waals surface area (Å²) < 4.78 is 4.00. The first-order valence-corrected chi connectivity index (χ1v) is 2.04. The molecule has 0 bridgehead atoms. The van der Waals surface area contributed by atoms with E-state index in [-0.39, 0.29) is 25.9 Å². The van der Waals surface area contributed by atoms with Gasteiger partial charge in [-0.05, 0) is 0 Å². The van der Waals surface area contributed by atoms with Gasteiger partial charge in [-0.2, -0.15) is 4.89 Å². The van der Waals surface area contributed by atoms with Gasteiger partial charge in [0.25, 0.3) is 0 Å². The Hall–Kier alpha value is -0.0438. The molecule has 0 spiro atoms. The normalized spacial score (nSPS) is 6.00. The summed E-state index contributed by atoms with van der Waals surface area (Å²) in [5.74, 6) is 0. The van der Waals surface area contributed by atoms with Gasteiger partial charge < -0.3 is 12.7 Å². The van der Waals surface area contributed by atoms with Crippen molar-refractivity contribution in [1.82, 2.24) is 0 Å². The summed E-state index contributed by atoms with van der Waals surface area (Å²) in [4.78, 5) is 17.6. The maximum atomic E-state index is 9.84. The maximum Gasteiger partial charge on any atom is 2.00 e. The van der Waals surface area contributed by atoms with Gasteiger partial charge in [0.15, 0.2) is 0 Å². The van der Waals surface area contributed by atoms with Gasteiger partial charge in [-0.1, -0.05) is 0 Å². The molecule has 0 aromatic carbocycles. The molecular weight excluding hydrogens is 152 g/mol. The van der Waals surface area contributed by atoms with Gasteiger partial charge in [-0.25, -0.2) is 4.79 Å². The number of hydrogen-bond acceptors (Lipinski definition) is 5. The van der Waals surface area contributed by atoms with Crippen LogP contribution in [-0.2, 0) is 14.5 Å². The summed E-state index contributed by atoms with van der Waals surface area (Å²) in [5, 5.41) is 7.00. The fourth-order valence-electron chi connectivity index (χ4n) is 0.102. The summed E-state index contributed by atoms with van der Waals surface area (Å²) in [6.07, 6.45) is -0.845. The van der Waals surface area contributed by atoms with Gasteiger partial charge in [0, 0.05) is 7.11 Å². The predicted octanol–water partition coefficient (Wildman–Crippen LogP) is -0.217. The Bertz CT molecular complexity index is 74.5. The summed E-state index contributed by atoms with van der Waals surface area (Å²) in [6, 6.07) is 0. The first-order chi connectivity index (χ1) is 4.31. The van der Waals surface area contributed by atoms with Crippen LogP contribution in [0.15, 0.2) is 0 Å². The molecule has 0 aliphatic carbocycles. The Morgan fingerprint density at radius 2 is 1.80 bits per heavy atom. The van der Waals surface area contributed by atoms with Gasteiger partial charge in [-0.3, -0.25) is 4.89 Å². The smallest absolute Gasteiger partial charge is 1.00 e. The minimum Gasteiger partial charge on any atom is -1.00 e. The van der Waals surface area contributed by atoms with Crippen molar-refractivity contribution >= 4 is 29.2 Å². The second-order valence-corrected chi connectivity index (χ2v) is 0.704.